The summed E-state index contributed by atoms with van der Waals surface area (Å²) in [6, 6.07) is 6.26. The Morgan fingerprint density at radius 3 is 2.58 bits per heavy atom. The second-order valence-corrected chi connectivity index (χ2v) is 6.53. The van der Waals surface area contributed by atoms with Crippen LogP contribution in [0.1, 0.15) is 31.4 Å². The topological polar surface area (TPSA) is 52.5 Å². The van der Waals surface area contributed by atoms with Crippen LogP contribution in [0.2, 0.25) is 0 Å². The zero-order valence-electron chi connectivity index (χ0n) is 11.9. The smallest absolute Gasteiger partial charge is 0.0585 e. The van der Waals surface area contributed by atoms with Crippen molar-refractivity contribution in [3.8, 4) is 0 Å². The largest absolute Gasteiger partial charge is 0.396 e. The van der Waals surface area contributed by atoms with Crippen LogP contribution in [0.25, 0.3) is 0 Å². The van der Waals surface area contributed by atoms with Gasteiger partial charge in [-0.15, -0.1) is 0 Å². The Morgan fingerprint density at radius 2 is 2.00 bits per heavy atom. The van der Waals surface area contributed by atoms with Gasteiger partial charge < -0.3 is 15.5 Å². The minimum absolute atomic E-state index is 0.0310. The van der Waals surface area contributed by atoms with Crippen molar-refractivity contribution in [3.05, 3.63) is 33.8 Å². The molecule has 0 fully saturated rings. The third-order valence-corrected chi connectivity index (χ3v) is 3.95. The molecule has 0 aliphatic heterocycles. The summed E-state index contributed by atoms with van der Waals surface area (Å²) < 4.78 is 1.08. The maximum absolute atomic E-state index is 9.24. The molecule has 1 aromatic carbocycles. The maximum Gasteiger partial charge on any atom is 0.0585 e. The molecule has 0 spiro atoms. The number of aliphatic hydroxyl groups excluding tert-OH is 2. The van der Waals surface area contributed by atoms with Crippen molar-refractivity contribution in [3.63, 3.8) is 0 Å². The van der Waals surface area contributed by atoms with Gasteiger partial charge in [-0.3, -0.25) is 0 Å². The molecule has 0 saturated heterocycles. The van der Waals surface area contributed by atoms with E-state index in [2.05, 4.69) is 54.2 Å². The molecular formula is C15H24BrNO2. The molecule has 0 aliphatic carbocycles. The van der Waals surface area contributed by atoms with E-state index < -0.39 is 0 Å². The van der Waals surface area contributed by atoms with E-state index in [1.165, 1.54) is 11.1 Å². The number of aliphatic hydroxyl groups is 2. The summed E-state index contributed by atoms with van der Waals surface area (Å²) in [6.07, 6.45) is 0.573. The summed E-state index contributed by atoms with van der Waals surface area (Å²) in [5, 5.41) is 21.5. The molecule has 0 bridgehead atoms. The van der Waals surface area contributed by atoms with E-state index >= 15 is 0 Å². The summed E-state index contributed by atoms with van der Waals surface area (Å²) in [6.45, 7) is 7.38. The summed E-state index contributed by atoms with van der Waals surface area (Å²) in [4.78, 5) is 0. The Bertz CT molecular complexity index is 407. The first-order chi connectivity index (χ1) is 8.90. The van der Waals surface area contributed by atoms with E-state index in [9.17, 15) is 5.11 Å². The lowest BCUT2D eigenvalue weighted by molar-refractivity contribution is 0.195. The third kappa shape index (κ3) is 4.88. The first-order valence-corrected chi connectivity index (χ1v) is 7.41. The number of benzene rings is 1. The molecule has 1 atom stereocenters. The molecule has 0 saturated carbocycles. The van der Waals surface area contributed by atoms with E-state index in [0.717, 1.165) is 11.0 Å². The molecule has 0 aliphatic rings. The van der Waals surface area contributed by atoms with Crippen LogP contribution >= 0.6 is 15.9 Å². The number of rotatable bonds is 7. The molecule has 0 aromatic heterocycles. The lowest BCUT2D eigenvalue weighted by Crippen LogP contribution is -2.41. The van der Waals surface area contributed by atoms with Gasteiger partial charge in [0.25, 0.3) is 0 Å². The molecule has 1 rings (SSSR count). The zero-order valence-corrected chi connectivity index (χ0v) is 13.5. The van der Waals surface area contributed by atoms with E-state index in [0.29, 0.717) is 6.42 Å². The molecule has 3 nitrogen and oxygen atoms in total. The van der Waals surface area contributed by atoms with Crippen LogP contribution in [0.15, 0.2) is 22.7 Å². The van der Waals surface area contributed by atoms with Gasteiger partial charge in [0.15, 0.2) is 0 Å². The van der Waals surface area contributed by atoms with E-state index in [1.54, 1.807) is 0 Å². The molecule has 1 aromatic rings. The average Bonchev–Trinajstić information content (AvgIpc) is 2.37. The summed E-state index contributed by atoms with van der Waals surface area (Å²) in [5.41, 5.74) is 2.52. The van der Waals surface area contributed by atoms with Gasteiger partial charge in [0.1, 0.15) is 0 Å². The minimum atomic E-state index is -0.0447. The van der Waals surface area contributed by atoms with Crippen LogP contribution in [-0.4, -0.2) is 36.0 Å². The van der Waals surface area contributed by atoms with Crippen LogP contribution in [-0.2, 0) is 5.41 Å². The predicted octanol–water partition coefficient (Wildman–Crippen LogP) is 2.37. The normalized spacial score (nSPS) is 13.6. The molecule has 0 heterocycles. The molecule has 3 N–H and O–H groups in total. The lowest BCUT2D eigenvalue weighted by Gasteiger charge is -2.30. The first kappa shape index (κ1) is 16.6. The van der Waals surface area contributed by atoms with Crippen molar-refractivity contribution in [1.29, 1.82) is 0 Å². The zero-order chi connectivity index (χ0) is 14.5. The Morgan fingerprint density at radius 1 is 1.32 bits per heavy atom. The Hall–Kier alpha value is -0.420. The van der Waals surface area contributed by atoms with Gasteiger partial charge in [0.05, 0.1) is 6.61 Å². The fourth-order valence-electron chi connectivity index (χ4n) is 2.23. The highest BCUT2D eigenvalue weighted by Gasteiger charge is 2.23. The third-order valence-electron chi connectivity index (χ3n) is 3.46. The molecule has 4 heteroatoms. The summed E-state index contributed by atoms with van der Waals surface area (Å²) in [7, 11) is 0. The molecule has 1 unspecified atom stereocenters. The van der Waals surface area contributed by atoms with Gasteiger partial charge >= 0.3 is 0 Å². The summed E-state index contributed by atoms with van der Waals surface area (Å²) in [5.74, 6) is 0. The molecule has 0 amide bonds. The van der Waals surface area contributed by atoms with E-state index in [-0.39, 0.29) is 24.7 Å². The van der Waals surface area contributed by atoms with Crippen molar-refractivity contribution >= 4 is 15.9 Å². The van der Waals surface area contributed by atoms with Crippen molar-refractivity contribution in [2.24, 2.45) is 0 Å². The minimum Gasteiger partial charge on any atom is -0.396 e. The number of halogens is 1. The van der Waals surface area contributed by atoms with Crippen LogP contribution in [0, 0.1) is 6.92 Å². The second-order valence-electron chi connectivity index (χ2n) is 5.62. The molecule has 0 radical (unpaired) electrons. The standard InChI is InChI=1S/C15H24BrNO2/c1-11-4-5-12(16)8-14(11)15(2,3)10-17-13(9-19)6-7-18/h4-5,8,13,17-19H,6-7,9-10H2,1-3H3. The predicted molar refractivity (Wildman–Crippen MR) is 82.5 cm³/mol. The van der Waals surface area contributed by atoms with Crippen LogP contribution in [0.5, 0.6) is 0 Å². The van der Waals surface area contributed by atoms with Gasteiger partial charge in [0, 0.05) is 29.1 Å². The Labute approximate surface area is 124 Å². The van der Waals surface area contributed by atoms with Crippen molar-refractivity contribution in [2.45, 2.75) is 38.6 Å². The fraction of sp³-hybridized carbons (Fsp3) is 0.600. The average molecular weight is 330 g/mol. The van der Waals surface area contributed by atoms with Crippen LogP contribution < -0.4 is 5.32 Å². The first-order valence-electron chi connectivity index (χ1n) is 6.62. The molecule has 19 heavy (non-hydrogen) atoms. The second kappa shape index (κ2) is 7.39. The van der Waals surface area contributed by atoms with E-state index in [4.69, 9.17) is 5.11 Å². The highest BCUT2D eigenvalue weighted by molar-refractivity contribution is 9.10. The number of aryl methyl sites for hydroxylation is 1. The van der Waals surface area contributed by atoms with Crippen molar-refractivity contribution < 1.29 is 10.2 Å². The maximum atomic E-state index is 9.24. The SMILES string of the molecule is Cc1ccc(Br)cc1C(C)(C)CNC(CO)CCO. The fourth-order valence-corrected chi connectivity index (χ4v) is 2.59. The number of nitrogens with one attached hydrogen (secondary N) is 1. The monoisotopic (exact) mass is 329 g/mol. The highest BCUT2D eigenvalue weighted by Crippen LogP contribution is 2.28. The van der Waals surface area contributed by atoms with Gasteiger partial charge in [-0.2, -0.15) is 0 Å². The van der Waals surface area contributed by atoms with Gasteiger partial charge in [-0.25, -0.2) is 0 Å². The molecular weight excluding hydrogens is 306 g/mol. The van der Waals surface area contributed by atoms with Crippen LogP contribution in [0.3, 0.4) is 0 Å². The Balaban J connectivity index is 2.77. The van der Waals surface area contributed by atoms with Crippen molar-refractivity contribution in [2.75, 3.05) is 19.8 Å². The lowest BCUT2D eigenvalue weighted by atomic mass is 9.82. The Kier molecular flexibility index (Phi) is 6.47. The van der Waals surface area contributed by atoms with Crippen molar-refractivity contribution in [1.82, 2.24) is 5.32 Å². The van der Waals surface area contributed by atoms with E-state index in [1.807, 2.05) is 6.07 Å². The quantitative estimate of drug-likeness (QED) is 0.719. The van der Waals surface area contributed by atoms with Gasteiger partial charge in [0.2, 0.25) is 0 Å². The molecule has 108 valence electrons. The summed E-state index contributed by atoms with van der Waals surface area (Å²) >= 11 is 3.51. The van der Waals surface area contributed by atoms with Gasteiger partial charge in [-0.1, -0.05) is 35.8 Å². The van der Waals surface area contributed by atoms with Crippen LogP contribution in [0.4, 0.5) is 0 Å². The number of hydrogen-bond donors (Lipinski definition) is 3. The van der Waals surface area contributed by atoms with Gasteiger partial charge in [-0.05, 0) is 36.6 Å². The highest BCUT2D eigenvalue weighted by atomic mass is 79.9. The number of hydrogen-bond acceptors (Lipinski definition) is 3.